The summed E-state index contributed by atoms with van der Waals surface area (Å²) in [5.41, 5.74) is 18.2. The number of nitrogens with zero attached hydrogens (tertiary/aromatic N) is 4. The van der Waals surface area contributed by atoms with E-state index in [2.05, 4.69) is 240 Å². The van der Waals surface area contributed by atoms with Gasteiger partial charge in [0.1, 0.15) is 23.0 Å². The highest BCUT2D eigenvalue weighted by molar-refractivity contribution is 7.02. The molecule has 0 saturated carbocycles. The SMILES string of the molecule is CN1c2cc3c(cc2B2c4ccccc4Oc4cc(N(c5ccccc5)c5ccccc5)cc1c42)B1c2ccccc2Oc2cc(N(c4ccccc4)c4ccccc4)cc(c21)N3C. The van der Waals surface area contributed by atoms with Gasteiger partial charge in [0.15, 0.2) is 0 Å². The summed E-state index contributed by atoms with van der Waals surface area (Å²) in [5, 5.41) is 0. The number of hydrogen-bond acceptors (Lipinski definition) is 6. The molecule has 0 amide bonds. The van der Waals surface area contributed by atoms with E-state index in [1.165, 1.54) is 44.2 Å². The lowest BCUT2D eigenvalue weighted by Crippen LogP contribution is -2.64. The molecule has 0 bridgehead atoms. The van der Waals surface area contributed by atoms with E-state index >= 15 is 0 Å². The van der Waals surface area contributed by atoms with Crippen LogP contribution >= 0.6 is 0 Å². The summed E-state index contributed by atoms with van der Waals surface area (Å²) in [6, 6.07) is 73.6. The minimum atomic E-state index is -0.0451. The van der Waals surface area contributed by atoms with E-state index in [0.29, 0.717) is 0 Å². The van der Waals surface area contributed by atoms with Gasteiger partial charge in [-0.15, -0.1) is 0 Å². The van der Waals surface area contributed by atoms with E-state index in [4.69, 9.17) is 9.47 Å². The zero-order valence-corrected chi connectivity index (χ0v) is 35.4. The Bertz CT molecular complexity index is 3000. The van der Waals surface area contributed by atoms with Gasteiger partial charge in [-0.25, -0.2) is 0 Å². The first-order chi connectivity index (χ1) is 31.6. The van der Waals surface area contributed by atoms with Crippen LogP contribution in [0.15, 0.2) is 206 Å². The lowest BCUT2D eigenvalue weighted by atomic mass is 9.31. The van der Waals surface area contributed by atoms with Crippen molar-refractivity contribution in [2.75, 3.05) is 33.7 Å². The highest BCUT2D eigenvalue weighted by Gasteiger charge is 2.46. The Hall–Kier alpha value is -8.09. The smallest absolute Gasteiger partial charge is 0.256 e. The van der Waals surface area contributed by atoms with Crippen LogP contribution in [0.5, 0.6) is 23.0 Å². The summed E-state index contributed by atoms with van der Waals surface area (Å²) in [6.45, 7) is -0.0901. The van der Waals surface area contributed by atoms with Crippen LogP contribution in [0.25, 0.3) is 0 Å². The molecule has 0 saturated heterocycles. The van der Waals surface area contributed by atoms with Crippen molar-refractivity contribution >= 4 is 103 Å². The second-order valence-corrected chi connectivity index (χ2v) is 17.0. The quantitative estimate of drug-likeness (QED) is 0.155. The second kappa shape index (κ2) is 14.2. The molecule has 0 fully saturated rings. The average Bonchev–Trinajstić information content (AvgIpc) is 3.35. The molecule has 13 rings (SSSR count). The zero-order valence-electron chi connectivity index (χ0n) is 35.4. The Labute approximate surface area is 374 Å². The molecule has 9 aromatic rings. The lowest BCUT2D eigenvalue weighted by molar-refractivity contribution is 0.487. The number of hydrogen-bond donors (Lipinski definition) is 0. The van der Waals surface area contributed by atoms with Crippen molar-refractivity contribution in [2.45, 2.75) is 0 Å². The van der Waals surface area contributed by atoms with Gasteiger partial charge in [-0.3, -0.25) is 0 Å². The molecular weight excluding hydrogens is 782 g/mol. The molecule has 302 valence electrons. The molecule has 0 aromatic heterocycles. The predicted molar refractivity (Wildman–Crippen MR) is 267 cm³/mol. The second-order valence-electron chi connectivity index (χ2n) is 17.0. The maximum absolute atomic E-state index is 6.95. The van der Waals surface area contributed by atoms with Gasteiger partial charge in [-0.05, 0) is 112 Å². The van der Waals surface area contributed by atoms with Gasteiger partial charge in [0, 0.05) is 71.7 Å². The normalized spacial score (nSPS) is 13.3. The van der Waals surface area contributed by atoms with E-state index in [-0.39, 0.29) is 13.4 Å². The molecule has 4 aliphatic heterocycles. The standard InChI is InChI=1S/C56H40B2N4O2/c1-59-47-36-48-46(58-44-28-16-18-30-52(44)64-54-34-42(32-50(56(54)58)60(48)2)62(39-23-11-5-12-24-39)40-25-13-6-14-26-40)35-45(47)57-43-27-15-17-29-51(43)63-53-33-41(31-49(59)55(53)57)61(37-19-7-3-8-20-37)38-21-9-4-10-22-38/h3-36H,1-2H3. The fraction of sp³-hybridized carbons (Fsp3) is 0.0357. The van der Waals surface area contributed by atoms with Crippen molar-refractivity contribution in [3.63, 3.8) is 0 Å². The fourth-order valence-electron chi connectivity index (χ4n) is 10.7. The lowest BCUT2D eigenvalue weighted by Gasteiger charge is -2.43. The third kappa shape index (κ3) is 5.48. The van der Waals surface area contributed by atoms with Crippen molar-refractivity contribution in [1.29, 1.82) is 0 Å². The highest BCUT2D eigenvalue weighted by Crippen LogP contribution is 2.46. The topological polar surface area (TPSA) is 31.4 Å². The number of benzene rings is 9. The first kappa shape index (κ1) is 36.6. The van der Waals surface area contributed by atoms with Crippen molar-refractivity contribution in [3.05, 3.63) is 206 Å². The monoisotopic (exact) mass is 822 g/mol. The van der Waals surface area contributed by atoms with Crippen LogP contribution in [0.2, 0.25) is 0 Å². The fourth-order valence-corrected chi connectivity index (χ4v) is 10.7. The average molecular weight is 823 g/mol. The largest absolute Gasteiger partial charge is 0.458 e. The van der Waals surface area contributed by atoms with Gasteiger partial charge < -0.3 is 29.1 Å². The molecule has 0 atom stereocenters. The van der Waals surface area contributed by atoms with Crippen LogP contribution in [-0.2, 0) is 0 Å². The Balaban J connectivity index is 1.03. The van der Waals surface area contributed by atoms with Crippen LogP contribution in [-0.4, -0.2) is 27.5 Å². The Kier molecular flexibility index (Phi) is 8.13. The molecule has 4 heterocycles. The van der Waals surface area contributed by atoms with E-state index in [1.54, 1.807) is 0 Å². The molecule has 0 radical (unpaired) electrons. The number of fused-ring (bicyclic) bond motifs is 8. The van der Waals surface area contributed by atoms with Crippen LogP contribution in [0.3, 0.4) is 0 Å². The summed E-state index contributed by atoms with van der Waals surface area (Å²) in [7, 11) is 4.43. The summed E-state index contributed by atoms with van der Waals surface area (Å²) in [6.07, 6.45) is 0. The van der Waals surface area contributed by atoms with Gasteiger partial charge in [0.2, 0.25) is 0 Å². The maximum atomic E-state index is 6.95. The molecular formula is C56H40B2N4O2. The predicted octanol–water partition coefficient (Wildman–Crippen LogP) is 10.0. The van der Waals surface area contributed by atoms with Crippen molar-refractivity contribution in [3.8, 4) is 23.0 Å². The zero-order chi connectivity index (χ0) is 42.5. The molecule has 0 spiro atoms. The van der Waals surface area contributed by atoms with Crippen molar-refractivity contribution in [2.24, 2.45) is 0 Å². The third-order valence-electron chi connectivity index (χ3n) is 13.5. The summed E-state index contributed by atoms with van der Waals surface area (Å²) < 4.78 is 13.9. The first-order valence-corrected chi connectivity index (χ1v) is 21.9. The van der Waals surface area contributed by atoms with Crippen LogP contribution in [0, 0.1) is 0 Å². The van der Waals surface area contributed by atoms with Gasteiger partial charge >= 0.3 is 0 Å². The third-order valence-corrected chi connectivity index (χ3v) is 13.5. The van der Waals surface area contributed by atoms with Crippen LogP contribution in [0.4, 0.5) is 56.9 Å². The molecule has 0 N–H and O–H groups in total. The number of anilines is 10. The maximum Gasteiger partial charge on any atom is 0.256 e. The van der Waals surface area contributed by atoms with Crippen molar-refractivity contribution in [1.82, 2.24) is 0 Å². The molecule has 0 aliphatic carbocycles. The van der Waals surface area contributed by atoms with E-state index in [1.807, 2.05) is 0 Å². The van der Waals surface area contributed by atoms with Crippen LogP contribution < -0.4 is 61.9 Å². The summed E-state index contributed by atoms with van der Waals surface area (Å²) >= 11 is 0. The van der Waals surface area contributed by atoms with Gasteiger partial charge in [0.25, 0.3) is 13.4 Å². The molecule has 4 aliphatic rings. The Morgan fingerprint density at radius 3 is 1.03 bits per heavy atom. The van der Waals surface area contributed by atoms with E-state index in [0.717, 1.165) is 68.5 Å². The molecule has 0 unspecified atom stereocenters. The molecule has 8 heteroatoms. The summed E-state index contributed by atoms with van der Waals surface area (Å²) in [5.74, 6) is 3.52. The highest BCUT2D eigenvalue weighted by atomic mass is 16.5. The molecule has 9 aromatic carbocycles. The van der Waals surface area contributed by atoms with E-state index < -0.39 is 0 Å². The van der Waals surface area contributed by atoms with Gasteiger partial charge in [0.05, 0.1) is 11.4 Å². The van der Waals surface area contributed by atoms with Gasteiger partial charge in [-0.2, -0.15) is 0 Å². The van der Waals surface area contributed by atoms with Crippen molar-refractivity contribution < 1.29 is 9.47 Å². The van der Waals surface area contributed by atoms with E-state index in [9.17, 15) is 0 Å². The molecule has 64 heavy (non-hydrogen) atoms. The number of para-hydroxylation sites is 6. The number of ether oxygens (including phenoxy) is 2. The minimum Gasteiger partial charge on any atom is -0.458 e. The summed E-state index contributed by atoms with van der Waals surface area (Å²) in [4.78, 5) is 9.41. The Morgan fingerprint density at radius 1 is 0.312 bits per heavy atom. The van der Waals surface area contributed by atoms with Crippen LogP contribution in [0.1, 0.15) is 0 Å². The number of rotatable bonds is 6. The minimum absolute atomic E-state index is 0.0451. The first-order valence-electron chi connectivity index (χ1n) is 21.9. The molecule has 6 nitrogen and oxygen atoms in total. The Morgan fingerprint density at radius 2 is 0.656 bits per heavy atom. The van der Waals surface area contributed by atoms with Gasteiger partial charge in [-0.1, -0.05) is 115 Å².